The molecule has 0 radical (unpaired) electrons. The molecule has 112 valence electrons. The number of sulfone groups is 1. The van der Waals surface area contributed by atoms with Crippen molar-refractivity contribution in [2.75, 3.05) is 12.4 Å². The van der Waals surface area contributed by atoms with Crippen molar-refractivity contribution in [1.82, 2.24) is 0 Å². The van der Waals surface area contributed by atoms with E-state index in [1.165, 1.54) is 13.0 Å². The zero-order valence-corrected chi connectivity index (χ0v) is 12.9. The lowest BCUT2D eigenvalue weighted by Crippen LogP contribution is -2.32. The molecule has 20 heavy (non-hydrogen) atoms. The summed E-state index contributed by atoms with van der Waals surface area (Å²) in [5.74, 6) is -0.923. The Morgan fingerprint density at radius 3 is 2.40 bits per heavy atom. The van der Waals surface area contributed by atoms with Gasteiger partial charge in [-0.1, -0.05) is 0 Å². The maximum atomic E-state index is 13.2. The first-order chi connectivity index (χ1) is 9.04. The summed E-state index contributed by atoms with van der Waals surface area (Å²) in [4.78, 5) is 11.4. The average molecular weight is 302 g/mol. The Labute approximate surface area is 118 Å². The number of ketones is 1. The molecule has 0 unspecified atom stereocenters. The van der Waals surface area contributed by atoms with Crippen LogP contribution < -0.4 is 4.74 Å². The van der Waals surface area contributed by atoms with E-state index >= 15 is 0 Å². The molecule has 1 aromatic rings. The van der Waals surface area contributed by atoms with E-state index in [1.54, 1.807) is 20.8 Å². The number of Topliss-reactive ketones (excluding diaryl/α,β-unsaturated/α-hetero) is 1. The van der Waals surface area contributed by atoms with Crippen LogP contribution in [0.3, 0.4) is 0 Å². The van der Waals surface area contributed by atoms with Crippen LogP contribution in [-0.2, 0) is 9.84 Å². The summed E-state index contributed by atoms with van der Waals surface area (Å²) in [6, 6.07) is 3.57. The lowest BCUT2D eigenvalue weighted by Gasteiger charge is -2.19. The van der Waals surface area contributed by atoms with Crippen molar-refractivity contribution >= 4 is 15.6 Å². The predicted octanol–water partition coefficient (Wildman–Crippen LogP) is 2.62. The Kier molecular flexibility index (Phi) is 4.91. The van der Waals surface area contributed by atoms with Crippen LogP contribution in [0.1, 0.15) is 38.1 Å². The molecule has 1 aromatic carbocycles. The van der Waals surface area contributed by atoms with E-state index in [-0.39, 0.29) is 29.5 Å². The molecule has 0 aromatic heterocycles. The second-order valence-electron chi connectivity index (χ2n) is 5.48. The van der Waals surface area contributed by atoms with Crippen molar-refractivity contribution < 1.29 is 22.3 Å². The number of carbonyl (C=O) groups excluding carboxylic acids is 1. The van der Waals surface area contributed by atoms with Gasteiger partial charge in [-0.25, -0.2) is 12.8 Å². The Morgan fingerprint density at radius 2 is 1.90 bits per heavy atom. The SMILES string of the molecule is CC(=O)c1ccc(F)cc1OCCS(=O)(=O)C(C)(C)C. The standard InChI is InChI=1S/C14H19FO4S/c1-10(16)12-6-5-11(15)9-13(12)19-7-8-20(17,18)14(2,3)4/h5-6,9H,7-8H2,1-4H3. The molecule has 0 N–H and O–H groups in total. The van der Waals surface area contributed by atoms with Gasteiger partial charge in [-0.15, -0.1) is 0 Å². The molecule has 0 aliphatic carbocycles. The normalized spacial score (nSPS) is 12.2. The van der Waals surface area contributed by atoms with Crippen LogP contribution in [0.4, 0.5) is 4.39 Å². The highest BCUT2D eigenvalue weighted by Gasteiger charge is 2.28. The number of benzene rings is 1. The van der Waals surface area contributed by atoms with Crippen molar-refractivity contribution in [3.05, 3.63) is 29.6 Å². The minimum Gasteiger partial charge on any atom is -0.492 e. The Hall–Kier alpha value is -1.43. The Bertz CT molecular complexity index is 600. The van der Waals surface area contributed by atoms with Crippen LogP contribution in [0.5, 0.6) is 5.75 Å². The van der Waals surface area contributed by atoms with Crippen LogP contribution >= 0.6 is 0 Å². The zero-order valence-electron chi connectivity index (χ0n) is 12.1. The quantitative estimate of drug-likeness (QED) is 0.784. The highest BCUT2D eigenvalue weighted by Crippen LogP contribution is 2.21. The summed E-state index contributed by atoms with van der Waals surface area (Å²) in [6.07, 6.45) is 0. The van der Waals surface area contributed by atoms with E-state index in [0.29, 0.717) is 0 Å². The van der Waals surface area contributed by atoms with Crippen molar-refractivity contribution in [2.45, 2.75) is 32.4 Å². The van der Waals surface area contributed by atoms with Crippen molar-refractivity contribution in [2.24, 2.45) is 0 Å². The number of carbonyl (C=O) groups is 1. The molecule has 0 saturated heterocycles. The third-order valence-electron chi connectivity index (χ3n) is 2.87. The molecule has 0 saturated carbocycles. The lowest BCUT2D eigenvalue weighted by molar-refractivity contribution is 0.101. The highest BCUT2D eigenvalue weighted by molar-refractivity contribution is 7.92. The number of rotatable bonds is 5. The second kappa shape index (κ2) is 5.91. The summed E-state index contributed by atoms with van der Waals surface area (Å²) in [5, 5.41) is 0. The van der Waals surface area contributed by atoms with Gasteiger partial charge in [0, 0.05) is 6.07 Å². The summed E-state index contributed by atoms with van der Waals surface area (Å²) in [6.45, 7) is 6.03. The summed E-state index contributed by atoms with van der Waals surface area (Å²) < 4.78 is 41.4. The number of ether oxygens (including phenoxy) is 1. The van der Waals surface area contributed by atoms with E-state index in [9.17, 15) is 17.6 Å². The first-order valence-corrected chi connectivity index (χ1v) is 7.85. The van der Waals surface area contributed by atoms with E-state index in [2.05, 4.69) is 0 Å². The van der Waals surface area contributed by atoms with Crippen molar-refractivity contribution in [3.63, 3.8) is 0 Å². The molecule has 0 spiro atoms. The van der Waals surface area contributed by atoms with Crippen LogP contribution in [0.2, 0.25) is 0 Å². The molecule has 0 fully saturated rings. The van der Waals surface area contributed by atoms with Gasteiger partial charge in [-0.3, -0.25) is 4.79 Å². The molecule has 0 atom stereocenters. The van der Waals surface area contributed by atoms with Crippen molar-refractivity contribution in [1.29, 1.82) is 0 Å². The molecular weight excluding hydrogens is 283 g/mol. The minimum absolute atomic E-state index is 0.0709. The molecule has 1 rings (SSSR count). The minimum atomic E-state index is -3.31. The molecule has 0 aliphatic heterocycles. The lowest BCUT2D eigenvalue weighted by atomic mass is 10.1. The molecular formula is C14H19FO4S. The number of hydrogen-bond acceptors (Lipinski definition) is 4. The van der Waals surface area contributed by atoms with E-state index in [0.717, 1.165) is 12.1 Å². The summed E-state index contributed by atoms with van der Waals surface area (Å²) >= 11 is 0. The third kappa shape index (κ3) is 4.03. The van der Waals surface area contributed by atoms with Gasteiger partial charge < -0.3 is 4.74 Å². The van der Waals surface area contributed by atoms with Crippen LogP contribution in [0, 0.1) is 5.82 Å². The van der Waals surface area contributed by atoms with Gasteiger partial charge in [0.05, 0.1) is 16.1 Å². The van der Waals surface area contributed by atoms with Gasteiger partial charge >= 0.3 is 0 Å². The Balaban J connectivity index is 2.82. The van der Waals surface area contributed by atoms with E-state index in [4.69, 9.17) is 4.74 Å². The molecule has 0 heterocycles. The largest absolute Gasteiger partial charge is 0.492 e. The van der Waals surface area contributed by atoms with Crippen molar-refractivity contribution in [3.8, 4) is 5.75 Å². The monoisotopic (exact) mass is 302 g/mol. The van der Waals surface area contributed by atoms with Gasteiger partial charge in [0.15, 0.2) is 15.6 Å². The maximum Gasteiger partial charge on any atom is 0.163 e. The van der Waals surface area contributed by atoms with E-state index in [1.807, 2.05) is 0 Å². The third-order valence-corrected chi connectivity index (χ3v) is 5.44. The first kappa shape index (κ1) is 16.6. The van der Waals surface area contributed by atoms with Gasteiger partial charge in [0.2, 0.25) is 0 Å². The van der Waals surface area contributed by atoms with Crippen LogP contribution in [0.25, 0.3) is 0 Å². The van der Waals surface area contributed by atoms with Gasteiger partial charge in [0.25, 0.3) is 0 Å². The highest BCUT2D eigenvalue weighted by atomic mass is 32.2. The first-order valence-electron chi connectivity index (χ1n) is 6.20. The fourth-order valence-corrected chi connectivity index (χ4v) is 2.39. The number of halogens is 1. The average Bonchev–Trinajstić information content (AvgIpc) is 2.26. The summed E-state index contributed by atoms with van der Waals surface area (Å²) in [7, 11) is -3.31. The smallest absolute Gasteiger partial charge is 0.163 e. The predicted molar refractivity (Wildman–Crippen MR) is 75.4 cm³/mol. The fraction of sp³-hybridized carbons (Fsp3) is 0.500. The molecule has 0 bridgehead atoms. The van der Waals surface area contributed by atoms with Gasteiger partial charge in [0.1, 0.15) is 18.2 Å². The topological polar surface area (TPSA) is 60.4 Å². The second-order valence-corrected chi connectivity index (χ2v) is 8.34. The maximum absolute atomic E-state index is 13.2. The molecule has 0 amide bonds. The number of hydrogen-bond donors (Lipinski definition) is 0. The fourth-order valence-electron chi connectivity index (χ4n) is 1.47. The Morgan fingerprint density at radius 1 is 1.30 bits per heavy atom. The summed E-state index contributed by atoms with van der Waals surface area (Å²) in [5.41, 5.74) is 0.236. The van der Waals surface area contributed by atoms with Crippen LogP contribution in [-0.4, -0.2) is 31.3 Å². The van der Waals surface area contributed by atoms with Gasteiger partial charge in [-0.05, 0) is 39.8 Å². The van der Waals surface area contributed by atoms with Gasteiger partial charge in [-0.2, -0.15) is 0 Å². The zero-order chi connectivity index (χ0) is 15.6. The molecule has 6 heteroatoms. The van der Waals surface area contributed by atoms with E-state index < -0.39 is 20.4 Å². The molecule has 0 aliphatic rings. The van der Waals surface area contributed by atoms with Crippen LogP contribution in [0.15, 0.2) is 18.2 Å². The molecule has 4 nitrogen and oxygen atoms in total.